The average molecular weight is 461 g/mol. The van der Waals surface area contributed by atoms with Crippen molar-refractivity contribution in [3.8, 4) is 0 Å². The molecule has 2 N–H and O–H groups in total. The second-order valence-corrected chi connectivity index (χ2v) is 8.30. The summed E-state index contributed by atoms with van der Waals surface area (Å²) in [5.74, 6) is -2.86. The van der Waals surface area contributed by atoms with Gasteiger partial charge in [0.25, 0.3) is 0 Å². The highest BCUT2D eigenvalue weighted by atomic mass is 35.5. The summed E-state index contributed by atoms with van der Waals surface area (Å²) in [6, 6.07) is 17.8. The number of aliphatic carboxylic acids is 2. The highest BCUT2D eigenvalue weighted by Gasteiger charge is 2.19. The van der Waals surface area contributed by atoms with E-state index >= 15 is 0 Å². The molecule has 0 amide bonds. The number of carboxylic acid groups (broad SMARTS) is 2. The van der Waals surface area contributed by atoms with Crippen molar-refractivity contribution in [1.82, 2.24) is 4.90 Å². The number of aryl methyl sites for hydroxylation is 2. The summed E-state index contributed by atoms with van der Waals surface area (Å²) in [4.78, 5) is 23.2. The van der Waals surface area contributed by atoms with Gasteiger partial charge < -0.3 is 20.0 Å². The molecule has 0 unspecified atom stereocenters. The van der Waals surface area contributed by atoms with Crippen molar-refractivity contribution in [2.75, 3.05) is 37.5 Å². The second-order valence-electron chi connectivity index (χ2n) is 7.93. The summed E-state index contributed by atoms with van der Waals surface area (Å²) in [7, 11) is 2.24. The van der Waals surface area contributed by atoms with Gasteiger partial charge in [0.05, 0.1) is 0 Å². The molecular weight excluding hydrogens is 428 g/mol. The van der Waals surface area contributed by atoms with Gasteiger partial charge in [-0.3, -0.25) is 0 Å². The van der Waals surface area contributed by atoms with Crippen LogP contribution in [0.4, 0.5) is 11.4 Å². The third-order valence-electron chi connectivity index (χ3n) is 5.51. The van der Waals surface area contributed by atoms with E-state index in [1.54, 1.807) is 0 Å². The molecule has 0 aliphatic carbocycles. The first-order valence-electron chi connectivity index (χ1n) is 11.1. The number of para-hydroxylation sites is 2. The van der Waals surface area contributed by atoms with Gasteiger partial charge in [-0.2, -0.15) is 0 Å². The van der Waals surface area contributed by atoms with E-state index in [9.17, 15) is 0 Å². The molecule has 0 aromatic heterocycles. The average Bonchev–Trinajstić information content (AvgIpc) is 2.94. The third kappa shape index (κ3) is 8.17. The van der Waals surface area contributed by atoms with Gasteiger partial charge in [0, 0.05) is 23.8 Å². The normalized spacial score (nSPS) is 12.3. The van der Waals surface area contributed by atoms with Crippen LogP contribution in [0.3, 0.4) is 0 Å². The van der Waals surface area contributed by atoms with Crippen LogP contribution < -0.4 is 4.90 Å². The number of anilines is 2. The van der Waals surface area contributed by atoms with Gasteiger partial charge in [-0.1, -0.05) is 42.8 Å². The fraction of sp³-hybridized carbons (Fsp3) is 0.440. The predicted molar refractivity (Wildman–Crippen MR) is 129 cm³/mol. The van der Waals surface area contributed by atoms with Gasteiger partial charge in [-0.05, 0) is 75.5 Å². The van der Waals surface area contributed by atoms with Gasteiger partial charge in [-0.15, -0.1) is 11.6 Å². The standard InChI is InChI=1S/C23H31ClN2.C2H2O4/c1-25(17-8-2-7-16-24)18-9-19-26-22-12-5-3-10-20(22)14-15-21-11-4-6-13-23(21)26;3-1(4)2(5)6/h3-6,10-13H,2,7-9,14-19H2,1H3;(H,3,4)(H,5,6). The zero-order valence-corrected chi connectivity index (χ0v) is 19.4. The van der Waals surface area contributed by atoms with Crippen LogP contribution in [0.5, 0.6) is 0 Å². The smallest absolute Gasteiger partial charge is 0.414 e. The monoisotopic (exact) mass is 460 g/mol. The molecule has 1 heterocycles. The van der Waals surface area contributed by atoms with E-state index in [0.717, 1.165) is 38.2 Å². The van der Waals surface area contributed by atoms with Crippen molar-refractivity contribution >= 4 is 34.9 Å². The lowest BCUT2D eigenvalue weighted by atomic mass is 10.0. The summed E-state index contributed by atoms with van der Waals surface area (Å²) in [5, 5.41) is 14.8. The molecule has 174 valence electrons. The Kier molecular flexibility index (Phi) is 11.0. The second kappa shape index (κ2) is 13.8. The maximum atomic E-state index is 9.10. The van der Waals surface area contributed by atoms with Crippen LogP contribution in [0.2, 0.25) is 0 Å². The van der Waals surface area contributed by atoms with E-state index in [1.807, 2.05) is 0 Å². The Morgan fingerprint density at radius 1 is 0.844 bits per heavy atom. The van der Waals surface area contributed by atoms with Crippen molar-refractivity contribution in [3.05, 3.63) is 59.7 Å². The molecule has 2 aromatic carbocycles. The topological polar surface area (TPSA) is 81.1 Å². The Hall–Kier alpha value is -2.57. The molecule has 0 spiro atoms. The van der Waals surface area contributed by atoms with Gasteiger partial charge >= 0.3 is 11.9 Å². The summed E-state index contributed by atoms with van der Waals surface area (Å²) in [6.45, 7) is 3.38. The number of hydrogen-bond acceptors (Lipinski definition) is 4. The van der Waals surface area contributed by atoms with Crippen molar-refractivity contribution in [3.63, 3.8) is 0 Å². The summed E-state index contributed by atoms with van der Waals surface area (Å²) >= 11 is 5.76. The lowest BCUT2D eigenvalue weighted by Gasteiger charge is -2.28. The highest BCUT2D eigenvalue weighted by molar-refractivity contribution is 6.27. The minimum atomic E-state index is -1.82. The van der Waals surface area contributed by atoms with E-state index in [-0.39, 0.29) is 0 Å². The van der Waals surface area contributed by atoms with E-state index in [2.05, 4.69) is 65.4 Å². The predicted octanol–water partition coefficient (Wildman–Crippen LogP) is 4.81. The Morgan fingerprint density at radius 2 is 1.34 bits per heavy atom. The number of fused-ring (bicyclic) bond motifs is 2. The zero-order valence-electron chi connectivity index (χ0n) is 18.7. The van der Waals surface area contributed by atoms with E-state index in [1.165, 1.54) is 48.3 Å². The summed E-state index contributed by atoms with van der Waals surface area (Å²) < 4.78 is 0. The van der Waals surface area contributed by atoms with Crippen LogP contribution in [0, 0.1) is 0 Å². The zero-order chi connectivity index (χ0) is 23.3. The van der Waals surface area contributed by atoms with Gasteiger partial charge in [0.15, 0.2) is 0 Å². The number of hydrogen-bond donors (Lipinski definition) is 2. The highest BCUT2D eigenvalue weighted by Crippen LogP contribution is 2.35. The van der Waals surface area contributed by atoms with Crippen LogP contribution in [0.15, 0.2) is 48.5 Å². The number of rotatable bonds is 9. The van der Waals surface area contributed by atoms with Gasteiger partial charge in [-0.25, -0.2) is 9.59 Å². The molecule has 0 saturated heterocycles. The molecule has 7 heteroatoms. The molecule has 1 aliphatic heterocycles. The maximum Gasteiger partial charge on any atom is 0.414 e. The van der Waals surface area contributed by atoms with Crippen molar-refractivity contribution in [2.45, 2.75) is 38.5 Å². The van der Waals surface area contributed by atoms with Crippen molar-refractivity contribution < 1.29 is 19.8 Å². The maximum absolute atomic E-state index is 9.10. The first-order valence-corrected chi connectivity index (χ1v) is 11.6. The minimum Gasteiger partial charge on any atom is -0.473 e. The van der Waals surface area contributed by atoms with Crippen molar-refractivity contribution in [2.24, 2.45) is 0 Å². The van der Waals surface area contributed by atoms with Crippen LogP contribution in [0.25, 0.3) is 0 Å². The number of halogens is 1. The van der Waals surface area contributed by atoms with Gasteiger partial charge in [0.1, 0.15) is 0 Å². The van der Waals surface area contributed by atoms with E-state index < -0.39 is 11.9 Å². The lowest BCUT2D eigenvalue weighted by molar-refractivity contribution is -0.159. The first kappa shape index (κ1) is 25.7. The molecule has 1 aliphatic rings. The molecule has 3 rings (SSSR count). The van der Waals surface area contributed by atoms with E-state index in [4.69, 9.17) is 31.4 Å². The third-order valence-corrected chi connectivity index (χ3v) is 5.77. The number of carboxylic acids is 2. The quantitative estimate of drug-likeness (QED) is 0.317. The van der Waals surface area contributed by atoms with Crippen LogP contribution >= 0.6 is 11.6 Å². The van der Waals surface area contributed by atoms with Crippen LogP contribution in [-0.2, 0) is 22.4 Å². The fourth-order valence-electron chi connectivity index (χ4n) is 3.87. The lowest BCUT2D eigenvalue weighted by Crippen LogP contribution is -2.26. The summed E-state index contributed by atoms with van der Waals surface area (Å²) in [5.41, 5.74) is 5.72. The first-order chi connectivity index (χ1) is 15.4. The van der Waals surface area contributed by atoms with Crippen LogP contribution in [-0.4, -0.2) is 59.6 Å². The summed E-state index contributed by atoms with van der Waals surface area (Å²) in [6.07, 6.45) is 7.05. The fourth-order valence-corrected chi connectivity index (χ4v) is 4.06. The number of unbranched alkanes of at least 4 members (excludes halogenated alkanes) is 2. The SMILES string of the molecule is CN(CCCCCCl)CCCN1c2ccccc2CCc2ccccc21.O=C(O)C(=O)O. The Morgan fingerprint density at radius 3 is 1.84 bits per heavy atom. The molecule has 0 saturated carbocycles. The number of alkyl halides is 1. The Labute approximate surface area is 195 Å². The van der Waals surface area contributed by atoms with E-state index in [0.29, 0.717) is 0 Å². The largest absolute Gasteiger partial charge is 0.473 e. The minimum absolute atomic E-state index is 0.789. The molecule has 6 nitrogen and oxygen atoms in total. The molecule has 0 fully saturated rings. The Balaban J connectivity index is 0.000000534. The van der Waals surface area contributed by atoms with Gasteiger partial charge in [0.2, 0.25) is 0 Å². The molecule has 32 heavy (non-hydrogen) atoms. The number of carbonyl (C=O) groups is 2. The number of benzene rings is 2. The van der Waals surface area contributed by atoms with Crippen molar-refractivity contribution in [1.29, 1.82) is 0 Å². The number of nitrogens with zero attached hydrogens (tertiary/aromatic N) is 2. The van der Waals surface area contributed by atoms with Crippen LogP contribution in [0.1, 0.15) is 36.8 Å². The molecule has 0 bridgehead atoms. The molecule has 0 radical (unpaired) electrons. The molecule has 0 atom stereocenters. The molecular formula is C25H33ClN2O4. The molecule has 2 aromatic rings. The Bertz CT molecular complexity index is 815.